The molecule has 18 nitrogen and oxygen atoms in total. The van der Waals surface area contributed by atoms with Crippen LogP contribution >= 0.6 is 0 Å². The standard InChI is InChI=1S/C43H42O18/c1-3-35(44)51-21-5-7-23-53-42(49)58-31-17-11-27(12-18-31)39(46)57-30-15-9-28(10-16-30)40(47)60-33-25-55-38-34(26-56-37(33)38)61-41(48)29-13-19-32(20-14-29)59-43(50)54-24-8-6-22-52-36(45)4-2/h3-4,9-20,33-34,37-38H,1-2,5-8,21-26H2. The fourth-order valence-electron chi connectivity index (χ4n) is 5.62. The minimum atomic E-state index is -0.939. The molecule has 0 radical (unpaired) electrons. The predicted molar refractivity (Wildman–Crippen MR) is 207 cm³/mol. The molecule has 4 atom stereocenters. The van der Waals surface area contributed by atoms with Crippen LogP contribution in [0, 0.1) is 0 Å². The topological polar surface area (TPSA) is 221 Å². The molecule has 0 spiro atoms. The third-order valence-corrected chi connectivity index (χ3v) is 8.70. The molecule has 61 heavy (non-hydrogen) atoms. The summed E-state index contributed by atoms with van der Waals surface area (Å²) in [4.78, 5) is 84.5. The molecule has 18 heteroatoms. The molecule has 0 bridgehead atoms. The monoisotopic (exact) mass is 846 g/mol. The summed E-state index contributed by atoms with van der Waals surface area (Å²) < 4.78 is 58.1. The first-order valence-electron chi connectivity index (χ1n) is 19.0. The van der Waals surface area contributed by atoms with E-state index in [0.717, 1.165) is 12.2 Å². The molecule has 0 aliphatic carbocycles. The van der Waals surface area contributed by atoms with E-state index in [-0.39, 0.29) is 73.6 Å². The Bertz CT molecular complexity index is 2030. The van der Waals surface area contributed by atoms with E-state index in [2.05, 4.69) is 13.2 Å². The molecule has 2 aliphatic rings. The first-order valence-corrected chi connectivity index (χ1v) is 19.0. The quantitative estimate of drug-likeness (QED) is 0.0342. The summed E-state index contributed by atoms with van der Waals surface area (Å²) >= 11 is 0. The average molecular weight is 847 g/mol. The lowest BCUT2D eigenvalue weighted by molar-refractivity contribution is -0.138. The molecule has 0 N–H and O–H groups in total. The van der Waals surface area contributed by atoms with Crippen molar-refractivity contribution in [1.82, 2.24) is 0 Å². The summed E-state index contributed by atoms with van der Waals surface area (Å²) in [6.45, 7) is 7.04. The van der Waals surface area contributed by atoms with Gasteiger partial charge in [0.05, 0.1) is 56.3 Å². The highest BCUT2D eigenvalue weighted by atomic mass is 16.7. The van der Waals surface area contributed by atoms with Gasteiger partial charge in [0, 0.05) is 12.2 Å². The van der Waals surface area contributed by atoms with Crippen LogP contribution in [0.25, 0.3) is 0 Å². The van der Waals surface area contributed by atoms with Crippen LogP contribution in [0.15, 0.2) is 98.1 Å². The number of ether oxygens (including phenoxy) is 11. The molecule has 4 unspecified atom stereocenters. The maximum atomic E-state index is 13.0. The number of hydrogen-bond donors (Lipinski definition) is 0. The minimum absolute atomic E-state index is 0.000410. The second-order valence-electron chi connectivity index (χ2n) is 13.0. The zero-order chi connectivity index (χ0) is 43.6. The van der Waals surface area contributed by atoms with E-state index < -0.39 is 66.6 Å². The van der Waals surface area contributed by atoms with Crippen molar-refractivity contribution in [1.29, 1.82) is 0 Å². The van der Waals surface area contributed by atoms with Crippen LogP contribution in [0.4, 0.5) is 9.59 Å². The highest BCUT2D eigenvalue weighted by Gasteiger charge is 2.51. The maximum absolute atomic E-state index is 13.0. The largest absolute Gasteiger partial charge is 0.513 e. The van der Waals surface area contributed by atoms with Crippen molar-refractivity contribution in [2.75, 3.05) is 39.6 Å². The van der Waals surface area contributed by atoms with Gasteiger partial charge in [0.25, 0.3) is 0 Å². The molecular weight excluding hydrogens is 804 g/mol. The van der Waals surface area contributed by atoms with Crippen molar-refractivity contribution < 1.29 is 85.7 Å². The molecule has 3 aromatic carbocycles. The summed E-state index contributed by atoms with van der Waals surface area (Å²) in [6, 6.07) is 16.9. The van der Waals surface area contributed by atoms with Gasteiger partial charge in [-0.15, -0.1) is 0 Å². The van der Waals surface area contributed by atoms with Crippen molar-refractivity contribution in [2.45, 2.75) is 50.1 Å². The number of hydrogen-bond acceptors (Lipinski definition) is 18. The lowest BCUT2D eigenvalue weighted by atomic mass is 10.1. The fourth-order valence-corrected chi connectivity index (χ4v) is 5.62. The van der Waals surface area contributed by atoms with E-state index in [1.807, 2.05) is 0 Å². The summed E-state index contributed by atoms with van der Waals surface area (Å²) in [6.07, 6.45) is -0.864. The van der Waals surface area contributed by atoms with Crippen molar-refractivity contribution in [2.24, 2.45) is 0 Å². The number of carbonyl (C=O) groups is 7. The summed E-state index contributed by atoms with van der Waals surface area (Å²) in [5, 5.41) is 0. The highest BCUT2D eigenvalue weighted by Crippen LogP contribution is 2.32. The van der Waals surface area contributed by atoms with Gasteiger partial charge in [-0.25, -0.2) is 33.6 Å². The third-order valence-electron chi connectivity index (χ3n) is 8.70. The number of carbonyl (C=O) groups excluding carboxylic acids is 7. The highest BCUT2D eigenvalue weighted by molar-refractivity contribution is 5.92. The van der Waals surface area contributed by atoms with Crippen LogP contribution in [0.3, 0.4) is 0 Å². The van der Waals surface area contributed by atoms with Gasteiger partial charge in [-0.05, 0) is 98.5 Å². The van der Waals surface area contributed by atoms with Gasteiger partial charge in [-0.3, -0.25) is 0 Å². The molecule has 5 rings (SSSR count). The Hall–Kier alpha value is -7.05. The minimum Gasteiger partial charge on any atom is -0.463 e. The molecule has 0 amide bonds. The van der Waals surface area contributed by atoms with Gasteiger partial charge < -0.3 is 52.1 Å². The third kappa shape index (κ3) is 14.0. The van der Waals surface area contributed by atoms with Crippen LogP contribution in [0.5, 0.6) is 17.2 Å². The summed E-state index contributed by atoms with van der Waals surface area (Å²) in [7, 11) is 0. The Balaban J connectivity index is 0.991. The Morgan fingerprint density at radius 1 is 0.475 bits per heavy atom. The van der Waals surface area contributed by atoms with E-state index in [0.29, 0.717) is 25.7 Å². The van der Waals surface area contributed by atoms with E-state index in [9.17, 15) is 33.6 Å². The number of esters is 5. The van der Waals surface area contributed by atoms with E-state index in [4.69, 9.17) is 52.1 Å². The lowest BCUT2D eigenvalue weighted by Crippen LogP contribution is -2.36. The van der Waals surface area contributed by atoms with Crippen molar-refractivity contribution >= 4 is 42.2 Å². The van der Waals surface area contributed by atoms with Gasteiger partial charge in [0.1, 0.15) is 29.5 Å². The Morgan fingerprint density at radius 3 is 1.16 bits per heavy atom. The summed E-state index contributed by atoms with van der Waals surface area (Å²) in [5.41, 5.74) is 0.498. The molecule has 322 valence electrons. The fraction of sp³-hybridized carbons (Fsp3) is 0.326. The average Bonchev–Trinajstić information content (AvgIpc) is 3.86. The lowest BCUT2D eigenvalue weighted by Gasteiger charge is -2.17. The van der Waals surface area contributed by atoms with E-state index in [1.54, 1.807) is 0 Å². The van der Waals surface area contributed by atoms with Gasteiger partial charge in [-0.2, -0.15) is 0 Å². The number of benzene rings is 3. The first kappa shape index (κ1) is 45.0. The molecule has 2 fully saturated rings. The molecule has 2 heterocycles. The van der Waals surface area contributed by atoms with Crippen molar-refractivity contribution in [3.05, 3.63) is 115 Å². The van der Waals surface area contributed by atoms with Gasteiger partial charge in [0.2, 0.25) is 0 Å². The van der Waals surface area contributed by atoms with Crippen LogP contribution in [0.2, 0.25) is 0 Å². The smallest absolute Gasteiger partial charge is 0.463 e. The number of fused-ring (bicyclic) bond motifs is 1. The van der Waals surface area contributed by atoms with Crippen LogP contribution < -0.4 is 14.2 Å². The molecule has 2 saturated heterocycles. The molecular formula is C43H42O18. The molecule has 0 saturated carbocycles. The van der Waals surface area contributed by atoms with Crippen molar-refractivity contribution in [3.63, 3.8) is 0 Å². The Kier molecular flexibility index (Phi) is 16.9. The second-order valence-corrected chi connectivity index (χ2v) is 13.0. The Morgan fingerprint density at radius 2 is 0.803 bits per heavy atom. The zero-order valence-corrected chi connectivity index (χ0v) is 32.7. The SMILES string of the molecule is C=CC(=O)OCCCCOC(=O)Oc1ccc(C(=O)Oc2ccc(C(=O)OC3COC4C(OC(=O)c5ccc(OC(=O)OCCCCOC(=O)C=C)cc5)COC34)cc2)cc1. The van der Waals surface area contributed by atoms with Gasteiger partial charge >= 0.3 is 42.2 Å². The van der Waals surface area contributed by atoms with Crippen LogP contribution in [0.1, 0.15) is 56.8 Å². The van der Waals surface area contributed by atoms with Crippen LogP contribution in [-0.4, -0.2) is 106 Å². The van der Waals surface area contributed by atoms with E-state index >= 15 is 0 Å². The van der Waals surface area contributed by atoms with Crippen LogP contribution in [-0.2, 0) is 47.5 Å². The normalized spacial score (nSPS) is 17.4. The van der Waals surface area contributed by atoms with Gasteiger partial charge in [-0.1, -0.05) is 13.2 Å². The molecule has 2 aliphatic heterocycles. The molecule has 3 aromatic rings. The molecule has 0 aromatic heterocycles. The zero-order valence-electron chi connectivity index (χ0n) is 32.7. The maximum Gasteiger partial charge on any atom is 0.513 e. The number of unbranched alkanes of at least 4 members (excludes halogenated alkanes) is 2. The second kappa shape index (κ2) is 22.9. The van der Waals surface area contributed by atoms with E-state index in [1.165, 1.54) is 72.8 Å². The van der Waals surface area contributed by atoms with Gasteiger partial charge in [0.15, 0.2) is 12.2 Å². The Labute approximate surface area is 349 Å². The predicted octanol–water partition coefficient (Wildman–Crippen LogP) is 5.50. The first-order chi connectivity index (χ1) is 29.5. The number of rotatable bonds is 20. The summed E-state index contributed by atoms with van der Waals surface area (Å²) in [5.74, 6) is -2.71. The van der Waals surface area contributed by atoms with Crippen molar-refractivity contribution in [3.8, 4) is 17.2 Å².